The second-order valence-corrected chi connectivity index (χ2v) is 5.70. The zero-order chi connectivity index (χ0) is 14.1. The number of halogens is 1. The maximum absolute atomic E-state index is 6.40. The molecule has 0 heterocycles. The van der Waals surface area contributed by atoms with Crippen LogP contribution in [0.1, 0.15) is 64.5 Å². The summed E-state index contributed by atoms with van der Waals surface area (Å²) >= 11 is 6.40. The Hall–Kier alpha value is -0.530. The van der Waals surface area contributed by atoms with Crippen LogP contribution in [0.4, 0.5) is 0 Å². The Bertz CT molecular complexity index is 345. The van der Waals surface area contributed by atoms with Crippen LogP contribution in [0.2, 0.25) is 5.02 Å². The fourth-order valence-electron chi connectivity index (χ4n) is 2.78. The monoisotopic (exact) mass is 281 g/mol. The number of hydrogen-bond acceptors (Lipinski definition) is 1. The van der Waals surface area contributed by atoms with Crippen molar-refractivity contribution < 1.29 is 0 Å². The molecule has 0 aliphatic rings. The van der Waals surface area contributed by atoms with Gasteiger partial charge in [0.25, 0.3) is 0 Å². The van der Waals surface area contributed by atoms with Crippen molar-refractivity contribution in [2.75, 3.05) is 6.54 Å². The third kappa shape index (κ3) is 5.16. The van der Waals surface area contributed by atoms with E-state index in [4.69, 9.17) is 11.6 Å². The molecule has 1 aromatic carbocycles. The smallest absolute Gasteiger partial charge is 0.0453 e. The molecule has 0 aromatic heterocycles. The van der Waals surface area contributed by atoms with E-state index in [9.17, 15) is 0 Å². The molecule has 0 aliphatic heterocycles. The van der Waals surface area contributed by atoms with Gasteiger partial charge in [-0.25, -0.2) is 0 Å². The number of nitrogens with one attached hydrogen (secondary N) is 1. The summed E-state index contributed by atoms with van der Waals surface area (Å²) in [5.41, 5.74) is 1.27. The third-order valence-electron chi connectivity index (χ3n) is 3.64. The minimum Gasteiger partial charge on any atom is -0.310 e. The summed E-state index contributed by atoms with van der Waals surface area (Å²) in [5.74, 6) is 0.682. The Kier molecular flexibility index (Phi) is 8.16. The molecular formula is C17H28ClN. The summed E-state index contributed by atoms with van der Waals surface area (Å²) in [4.78, 5) is 0. The van der Waals surface area contributed by atoms with Gasteiger partial charge in [0.1, 0.15) is 0 Å². The molecule has 1 N–H and O–H groups in total. The lowest BCUT2D eigenvalue weighted by molar-refractivity contribution is 0.316. The average Bonchev–Trinajstić information content (AvgIpc) is 2.41. The lowest BCUT2D eigenvalue weighted by Gasteiger charge is -2.29. The molecule has 0 fully saturated rings. The van der Waals surface area contributed by atoms with Crippen LogP contribution in [-0.2, 0) is 0 Å². The fraction of sp³-hybridized carbons (Fsp3) is 0.647. The molecule has 0 saturated heterocycles. The first-order chi connectivity index (χ1) is 9.24. The van der Waals surface area contributed by atoms with Gasteiger partial charge in [0.05, 0.1) is 0 Å². The minimum absolute atomic E-state index is 0.397. The van der Waals surface area contributed by atoms with Gasteiger partial charge in [-0.3, -0.25) is 0 Å². The summed E-state index contributed by atoms with van der Waals surface area (Å²) in [6.07, 6.45) is 6.16. The average molecular weight is 282 g/mol. The Morgan fingerprint density at radius 1 is 1.00 bits per heavy atom. The zero-order valence-electron chi connectivity index (χ0n) is 12.6. The van der Waals surface area contributed by atoms with Crippen LogP contribution in [0, 0.1) is 5.92 Å². The Morgan fingerprint density at radius 3 is 2.16 bits per heavy atom. The van der Waals surface area contributed by atoms with Gasteiger partial charge in [0.15, 0.2) is 0 Å². The number of rotatable bonds is 9. The van der Waals surface area contributed by atoms with E-state index in [0.29, 0.717) is 12.0 Å². The van der Waals surface area contributed by atoms with Crippen molar-refractivity contribution in [3.63, 3.8) is 0 Å². The van der Waals surface area contributed by atoms with Gasteiger partial charge in [-0.1, -0.05) is 63.4 Å². The van der Waals surface area contributed by atoms with Crippen molar-refractivity contribution in [2.24, 2.45) is 5.92 Å². The summed E-state index contributed by atoms with van der Waals surface area (Å²) in [5, 5.41) is 4.61. The number of hydrogen-bond donors (Lipinski definition) is 1. The van der Waals surface area contributed by atoms with E-state index in [1.807, 2.05) is 12.1 Å². The predicted molar refractivity (Wildman–Crippen MR) is 85.8 cm³/mol. The molecule has 1 atom stereocenters. The Labute approximate surface area is 123 Å². The van der Waals surface area contributed by atoms with Gasteiger partial charge in [-0.15, -0.1) is 0 Å². The lowest BCUT2D eigenvalue weighted by Crippen LogP contribution is -2.29. The molecule has 1 aromatic rings. The Morgan fingerprint density at radius 2 is 1.63 bits per heavy atom. The van der Waals surface area contributed by atoms with Gasteiger partial charge in [0.2, 0.25) is 0 Å². The SMILES string of the molecule is CCCNC(c1ccccc1Cl)C(CCC)CCC. The van der Waals surface area contributed by atoms with Crippen molar-refractivity contribution in [1.29, 1.82) is 0 Å². The molecule has 108 valence electrons. The van der Waals surface area contributed by atoms with Crippen LogP contribution in [0.15, 0.2) is 24.3 Å². The maximum Gasteiger partial charge on any atom is 0.0453 e. The van der Waals surface area contributed by atoms with E-state index in [2.05, 4.69) is 38.2 Å². The van der Waals surface area contributed by atoms with Crippen molar-refractivity contribution in [1.82, 2.24) is 5.32 Å². The van der Waals surface area contributed by atoms with Crippen LogP contribution >= 0.6 is 11.6 Å². The van der Waals surface area contributed by atoms with E-state index >= 15 is 0 Å². The first-order valence-electron chi connectivity index (χ1n) is 7.72. The van der Waals surface area contributed by atoms with Gasteiger partial charge in [-0.2, -0.15) is 0 Å². The zero-order valence-corrected chi connectivity index (χ0v) is 13.3. The molecule has 0 bridgehead atoms. The van der Waals surface area contributed by atoms with Crippen molar-refractivity contribution in [2.45, 2.75) is 58.9 Å². The van der Waals surface area contributed by atoms with E-state index in [0.717, 1.165) is 18.0 Å². The molecule has 0 spiro atoms. The highest BCUT2D eigenvalue weighted by Crippen LogP contribution is 2.33. The molecule has 1 nitrogen and oxygen atoms in total. The van der Waals surface area contributed by atoms with Crippen LogP contribution in [-0.4, -0.2) is 6.54 Å². The minimum atomic E-state index is 0.397. The maximum atomic E-state index is 6.40. The van der Waals surface area contributed by atoms with Gasteiger partial charge in [-0.05, 0) is 43.4 Å². The molecule has 0 amide bonds. The largest absolute Gasteiger partial charge is 0.310 e. The molecule has 1 rings (SSSR count). The van der Waals surface area contributed by atoms with E-state index in [1.54, 1.807) is 0 Å². The van der Waals surface area contributed by atoms with Crippen LogP contribution in [0.3, 0.4) is 0 Å². The van der Waals surface area contributed by atoms with Crippen LogP contribution in [0.5, 0.6) is 0 Å². The highest BCUT2D eigenvalue weighted by atomic mass is 35.5. The van der Waals surface area contributed by atoms with Crippen LogP contribution in [0.25, 0.3) is 0 Å². The molecule has 19 heavy (non-hydrogen) atoms. The lowest BCUT2D eigenvalue weighted by atomic mass is 9.86. The van der Waals surface area contributed by atoms with Crippen LogP contribution < -0.4 is 5.32 Å². The molecule has 0 radical (unpaired) electrons. The summed E-state index contributed by atoms with van der Waals surface area (Å²) in [6, 6.07) is 8.68. The molecule has 0 aliphatic carbocycles. The molecule has 0 saturated carbocycles. The topological polar surface area (TPSA) is 12.0 Å². The highest BCUT2D eigenvalue weighted by Gasteiger charge is 2.22. The van der Waals surface area contributed by atoms with E-state index < -0.39 is 0 Å². The quantitative estimate of drug-likeness (QED) is 0.621. The standard InChI is InChI=1S/C17H28ClN/c1-4-9-14(10-5-2)17(19-13-6-3)15-11-7-8-12-16(15)18/h7-8,11-12,14,17,19H,4-6,9-10,13H2,1-3H3. The molecule has 1 unspecified atom stereocenters. The van der Waals surface area contributed by atoms with E-state index in [1.165, 1.54) is 31.2 Å². The third-order valence-corrected chi connectivity index (χ3v) is 3.99. The van der Waals surface area contributed by atoms with Gasteiger partial charge >= 0.3 is 0 Å². The summed E-state index contributed by atoms with van der Waals surface area (Å²) in [7, 11) is 0. The van der Waals surface area contributed by atoms with Crippen molar-refractivity contribution >= 4 is 11.6 Å². The number of benzene rings is 1. The Balaban J connectivity index is 2.94. The van der Waals surface area contributed by atoms with Gasteiger partial charge in [0, 0.05) is 11.1 Å². The van der Waals surface area contributed by atoms with E-state index in [-0.39, 0.29) is 0 Å². The van der Waals surface area contributed by atoms with Crippen molar-refractivity contribution in [3.8, 4) is 0 Å². The fourth-order valence-corrected chi connectivity index (χ4v) is 3.03. The first-order valence-corrected chi connectivity index (χ1v) is 8.10. The highest BCUT2D eigenvalue weighted by molar-refractivity contribution is 6.31. The second kappa shape index (κ2) is 9.39. The molecule has 2 heteroatoms. The molecular weight excluding hydrogens is 254 g/mol. The predicted octanol–water partition coefficient (Wildman–Crippen LogP) is 5.60. The summed E-state index contributed by atoms with van der Waals surface area (Å²) < 4.78 is 0. The summed E-state index contributed by atoms with van der Waals surface area (Å²) in [6.45, 7) is 7.81. The second-order valence-electron chi connectivity index (χ2n) is 5.29. The first kappa shape index (κ1) is 16.5. The normalized spacial score (nSPS) is 12.9. The van der Waals surface area contributed by atoms with Gasteiger partial charge < -0.3 is 5.32 Å². The van der Waals surface area contributed by atoms with Crippen molar-refractivity contribution in [3.05, 3.63) is 34.9 Å².